The second-order valence-corrected chi connectivity index (χ2v) is 5.63. The van der Waals surface area contributed by atoms with Crippen molar-refractivity contribution in [2.75, 3.05) is 23.3 Å². The highest BCUT2D eigenvalue weighted by Crippen LogP contribution is 2.31. The molecule has 0 spiro atoms. The number of benzene rings is 1. The lowest BCUT2D eigenvalue weighted by atomic mass is 10.1. The summed E-state index contributed by atoms with van der Waals surface area (Å²) in [5.41, 5.74) is 4.34. The van der Waals surface area contributed by atoms with Crippen molar-refractivity contribution in [2.24, 2.45) is 0 Å². The summed E-state index contributed by atoms with van der Waals surface area (Å²) in [5.74, 6) is 0.808. The summed E-state index contributed by atoms with van der Waals surface area (Å²) in [6.45, 7) is 4.04. The molecule has 2 aromatic heterocycles. The molecule has 1 aliphatic rings. The molecule has 4 rings (SSSR count). The average Bonchev–Trinajstić information content (AvgIpc) is 3.12. The lowest BCUT2D eigenvalue weighted by molar-refractivity contribution is 0.680. The van der Waals surface area contributed by atoms with Crippen molar-refractivity contribution in [3.05, 3.63) is 42.5 Å². The van der Waals surface area contributed by atoms with E-state index in [-0.39, 0.29) is 0 Å². The van der Waals surface area contributed by atoms with E-state index in [2.05, 4.69) is 61.3 Å². The summed E-state index contributed by atoms with van der Waals surface area (Å²) in [6, 6.07) is 9.18. The number of imidazole rings is 1. The Bertz CT molecular complexity index is 796. The van der Waals surface area contributed by atoms with E-state index < -0.39 is 0 Å². The topological polar surface area (TPSA) is 69.7 Å². The molecule has 3 aromatic rings. The molecule has 1 atom stereocenters. The molecule has 0 saturated heterocycles. The number of hydrogen-bond donors (Lipinski definition) is 2. The molecule has 0 fully saturated rings. The van der Waals surface area contributed by atoms with Crippen LogP contribution in [0.15, 0.2) is 36.9 Å². The van der Waals surface area contributed by atoms with Crippen molar-refractivity contribution >= 4 is 22.7 Å². The van der Waals surface area contributed by atoms with Crippen LogP contribution in [0.5, 0.6) is 0 Å². The summed E-state index contributed by atoms with van der Waals surface area (Å²) in [6.07, 6.45) is 4.30. The van der Waals surface area contributed by atoms with Crippen molar-refractivity contribution in [2.45, 2.75) is 19.4 Å². The predicted octanol–water partition coefficient (Wildman–Crippen LogP) is 2.22. The van der Waals surface area contributed by atoms with Gasteiger partial charge in [-0.05, 0) is 25.0 Å². The molecule has 2 N–H and O–H groups in total. The Morgan fingerprint density at radius 3 is 3.14 bits per heavy atom. The molecule has 1 aromatic carbocycles. The zero-order valence-corrected chi connectivity index (χ0v) is 12.5. The first kappa shape index (κ1) is 13.1. The summed E-state index contributed by atoms with van der Waals surface area (Å²) < 4.78 is 0. The van der Waals surface area contributed by atoms with Crippen LogP contribution in [0.1, 0.15) is 12.5 Å². The third-order valence-corrected chi connectivity index (χ3v) is 4.22. The van der Waals surface area contributed by atoms with Gasteiger partial charge in [-0.2, -0.15) is 0 Å². The minimum atomic E-state index is 0.539. The first-order chi connectivity index (χ1) is 10.8. The monoisotopic (exact) mass is 294 g/mol. The maximum Gasteiger partial charge on any atom is 0.182 e. The van der Waals surface area contributed by atoms with Gasteiger partial charge in [0.15, 0.2) is 11.5 Å². The maximum absolute atomic E-state index is 4.29. The Hall–Kier alpha value is -2.63. The minimum Gasteiger partial charge on any atom is -0.367 e. The highest BCUT2D eigenvalue weighted by Gasteiger charge is 2.24. The highest BCUT2D eigenvalue weighted by molar-refractivity contribution is 5.81. The highest BCUT2D eigenvalue weighted by atomic mass is 15.2. The van der Waals surface area contributed by atoms with Crippen molar-refractivity contribution in [1.82, 2.24) is 19.9 Å². The van der Waals surface area contributed by atoms with E-state index in [0.29, 0.717) is 11.7 Å². The summed E-state index contributed by atoms with van der Waals surface area (Å²) in [5, 5.41) is 3.39. The van der Waals surface area contributed by atoms with E-state index >= 15 is 0 Å². The number of rotatable bonds is 4. The fraction of sp³-hybridized carbons (Fsp3) is 0.312. The first-order valence-electron chi connectivity index (χ1n) is 7.55. The van der Waals surface area contributed by atoms with Crippen molar-refractivity contribution < 1.29 is 0 Å². The molecule has 0 aliphatic carbocycles. The van der Waals surface area contributed by atoms with E-state index in [1.54, 1.807) is 12.7 Å². The van der Waals surface area contributed by atoms with Crippen LogP contribution < -0.4 is 10.2 Å². The molecule has 0 radical (unpaired) electrons. The molecular formula is C16H18N6. The van der Waals surface area contributed by atoms with E-state index in [1.807, 2.05) is 0 Å². The lowest BCUT2D eigenvalue weighted by Gasteiger charge is -2.25. The lowest BCUT2D eigenvalue weighted by Crippen LogP contribution is -2.33. The Morgan fingerprint density at radius 1 is 1.27 bits per heavy atom. The van der Waals surface area contributed by atoms with Gasteiger partial charge in [-0.15, -0.1) is 0 Å². The van der Waals surface area contributed by atoms with Crippen LogP contribution >= 0.6 is 0 Å². The second-order valence-electron chi connectivity index (χ2n) is 5.63. The van der Waals surface area contributed by atoms with Crippen molar-refractivity contribution in [3.8, 4) is 0 Å². The molecule has 1 unspecified atom stereocenters. The van der Waals surface area contributed by atoms with Crippen LogP contribution in [0.3, 0.4) is 0 Å². The third kappa shape index (κ3) is 2.16. The average molecular weight is 294 g/mol. The Kier molecular flexibility index (Phi) is 3.14. The Balaban J connectivity index is 1.46. The minimum absolute atomic E-state index is 0.539. The van der Waals surface area contributed by atoms with Crippen LogP contribution in [0.25, 0.3) is 11.2 Å². The van der Waals surface area contributed by atoms with Crippen molar-refractivity contribution in [3.63, 3.8) is 0 Å². The summed E-state index contributed by atoms with van der Waals surface area (Å²) >= 11 is 0. The third-order valence-electron chi connectivity index (χ3n) is 4.22. The number of aromatic nitrogens is 4. The number of aromatic amines is 1. The quantitative estimate of drug-likeness (QED) is 0.772. The van der Waals surface area contributed by atoms with Gasteiger partial charge in [-0.25, -0.2) is 15.0 Å². The maximum atomic E-state index is 4.29. The standard InChI is InChI=1S/C16H18N6/c1-11-8-12-4-2-3-5-13(12)22(11)7-6-17-15-14-16(19-9-18-14)21-10-20-15/h2-5,9-11H,6-8H2,1H3,(H2,17,18,19,20,21). The normalized spacial score (nSPS) is 17.0. The zero-order chi connectivity index (χ0) is 14.9. The van der Waals surface area contributed by atoms with Gasteiger partial charge in [0.05, 0.1) is 6.33 Å². The molecule has 0 amide bonds. The van der Waals surface area contributed by atoms with Gasteiger partial charge in [-0.1, -0.05) is 18.2 Å². The van der Waals surface area contributed by atoms with Crippen LogP contribution in [0.4, 0.5) is 11.5 Å². The SMILES string of the molecule is CC1Cc2ccccc2N1CCNc1ncnc2nc[nH]c12. The van der Waals surface area contributed by atoms with E-state index in [1.165, 1.54) is 11.3 Å². The van der Waals surface area contributed by atoms with E-state index in [4.69, 9.17) is 0 Å². The van der Waals surface area contributed by atoms with Crippen LogP contribution in [-0.4, -0.2) is 39.1 Å². The van der Waals surface area contributed by atoms with Gasteiger partial charge < -0.3 is 15.2 Å². The van der Waals surface area contributed by atoms with Gasteiger partial charge >= 0.3 is 0 Å². The molecule has 6 nitrogen and oxygen atoms in total. The number of nitrogens with one attached hydrogen (secondary N) is 2. The Morgan fingerprint density at radius 2 is 2.18 bits per heavy atom. The summed E-state index contributed by atoms with van der Waals surface area (Å²) in [7, 11) is 0. The van der Waals surface area contributed by atoms with Gasteiger partial charge in [0, 0.05) is 24.8 Å². The summed E-state index contributed by atoms with van der Waals surface area (Å²) in [4.78, 5) is 18.1. The zero-order valence-electron chi connectivity index (χ0n) is 12.5. The number of fused-ring (bicyclic) bond motifs is 2. The molecule has 112 valence electrons. The van der Waals surface area contributed by atoms with E-state index in [9.17, 15) is 0 Å². The van der Waals surface area contributed by atoms with Gasteiger partial charge in [0.2, 0.25) is 0 Å². The van der Waals surface area contributed by atoms with Crippen LogP contribution in [-0.2, 0) is 6.42 Å². The van der Waals surface area contributed by atoms with Gasteiger partial charge in [-0.3, -0.25) is 0 Å². The van der Waals surface area contributed by atoms with E-state index in [0.717, 1.165) is 30.8 Å². The number of H-pyrrole nitrogens is 1. The molecule has 6 heteroatoms. The second kappa shape index (κ2) is 5.29. The fourth-order valence-corrected chi connectivity index (χ4v) is 3.16. The van der Waals surface area contributed by atoms with Crippen molar-refractivity contribution in [1.29, 1.82) is 0 Å². The van der Waals surface area contributed by atoms with Crippen LogP contribution in [0.2, 0.25) is 0 Å². The predicted molar refractivity (Wildman–Crippen MR) is 87.1 cm³/mol. The van der Waals surface area contributed by atoms with Gasteiger partial charge in [0.1, 0.15) is 11.8 Å². The number of nitrogens with zero attached hydrogens (tertiary/aromatic N) is 4. The molecular weight excluding hydrogens is 276 g/mol. The number of hydrogen-bond acceptors (Lipinski definition) is 5. The van der Waals surface area contributed by atoms with Crippen LogP contribution in [0, 0.1) is 0 Å². The molecule has 0 saturated carbocycles. The first-order valence-corrected chi connectivity index (χ1v) is 7.55. The molecule has 1 aliphatic heterocycles. The number of para-hydroxylation sites is 1. The molecule has 3 heterocycles. The largest absolute Gasteiger partial charge is 0.367 e. The fourth-order valence-electron chi connectivity index (χ4n) is 3.16. The van der Waals surface area contributed by atoms with Gasteiger partial charge in [0.25, 0.3) is 0 Å². The smallest absolute Gasteiger partial charge is 0.182 e. The Labute approximate surface area is 128 Å². The molecule has 0 bridgehead atoms. The number of anilines is 2. The molecule has 22 heavy (non-hydrogen) atoms.